The molecule has 1 aliphatic heterocycles. The Morgan fingerprint density at radius 2 is 1.73 bits per heavy atom. The van der Waals surface area contributed by atoms with Crippen LogP contribution in [0.5, 0.6) is 5.75 Å². The molecule has 2 aromatic rings. The van der Waals surface area contributed by atoms with Gasteiger partial charge in [0.1, 0.15) is 5.75 Å². The third-order valence-electron chi connectivity index (χ3n) is 5.25. The minimum Gasteiger partial charge on any atom is -0.496 e. The van der Waals surface area contributed by atoms with Gasteiger partial charge in [-0.2, -0.15) is 0 Å². The van der Waals surface area contributed by atoms with E-state index < -0.39 is 0 Å². The molecule has 0 spiro atoms. The topological polar surface area (TPSA) is 64.1 Å². The largest absolute Gasteiger partial charge is 0.496 e. The molecular weight excluding hydrogens is 378 g/mol. The molecule has 0 aliphatic carbocycles. The Morgan fingerprint density at radius 3 is 2.43 bits per heavy atom. The van der Waals surface area contributed by atoms with Crippen LogP contribution < -0.4 is 15.4 Å². The van der Waals surface area contributed by atoms with E-state index in [9.17, 15) is 0 Å². The van der Waals surface area contributed by atoms with E-state index in [-0.39, 0.29) is 0 Å². The molecule has 30 heavy (non-hydrogen) atoms. The summed E-state index contributed by atoms with van der Waals surface area (Å²) < 4.78 is 16.8. The average Bonchev–Trinajstić information content (AvgIpc) is 2.80. The lowest BCUT2D eigenvalue weighted by Crippen LogP contribution is -2.36. The van der Waals surface area contributed by atoms with Crippen LogP contribution in [-0.4, -0.2) is 39.4 Å². The van der Waals surface area contributed by atoms with E-state index in [0.29, 0.717) is 25.8 Å². The van der Waals surface area contributed by atoms with Gasteiger partial charge in [-0.3, -0.25) is 4.99 Å². The lowest BCUT2D eigenvalue weighted by molar-refractivity contribution is -0.0390. The number of nitrogens with one attached hydrogen (secondary N) is 2. The monoisotopic (exact) mass is 411 g/mol. The summed E-state index contributed by atoms with van der Waals surface area (Å²) >= 11 is 0. The van der Waals surface area contributed by atoms with E-state index in [1.807, 2.05) is 6.07 Å². The minimum absolute atomic E-state index is 0.321. The fourth-order valence-electron chi connectivity index (χ4n) is 3.39. The van der Waals surface area contributed by atoms with Gasteiger partial charge in [0.05, 0.1) is 19.8 Å². The van der Waals surface area contributed by atoms with Gasteiger partial charge in [0.2, 0.25) is 0 Å². The van der Waals surface area contributed by atoms with Gasteiger partial charge in [0.25, 0.3) is 0 Å². The summed E-state index contributed by atoms with van der Waals surface area (Å²) in [6.45, 7) is 5.67. The van der Waals surface area contributed by atoms with Crippen molar-refractivity contribution < 1.29 is 14.2 Å². The Kier molecular flexibility index (Phi) is 8.53. The molecule has 162 valence electrons. The van der Waals surface area contributed by atoms with Gasteiger partial charge in [0.15, 0.2) is 5.96 Å². The van der Waals surface area contributed by atoms with E-state index in [1.165, 1.54) is 16.7 Å². The third kappa shape index (κ3) is 6.75. The lowest BCUT2D eigenvalue weighted by atomic mass is 10.1. The summed E-state index contributed by atoms with van der Waals surface area (Å²) in [6.07, 6.45) is 2.30. The van der Waals surface area contributed by atoms with E-state index in [0.717, 1.165) is 43.3 Å². The van der Waals surface area contributed by atoms with Gasteiger partial charge >= 0.3 is 0 Å². The molecule has 1 aliphatic rings. The number of hydrogen-bond donors (Lipinski definition) is 2. The molecule has 6 heteroatoms. The van der Waals surface area contributed by atoms with Crippen LogP contribution in [0.25, 0.3) is 0 Å². The third-order valence-corrected chi connectivity index (χ3v) is 5.25. The second kappa shape index (κ2) is 11.6. The molecule has 0 atom stereocenters. The van der Waals surface area contributed by atoms with Crippen LogP contribution in [0.1, 0.15) is 35.1 Å². The van der Waals surface area contributed by atoms with Gasteiger partial charge in [-0.1, -0.05) is 36.4 Å². The van der Waals surface area contributed by atoms with Gasteiger partial charge in [-0.25, -0.2) is 0 Å². The minimum atomic E-state index is 0.321. The normalized spacial score (nSPS) is 15.1. The Hall–Kier alpha value is -2.57. The molecule has 3 rings (SSSR count). The van der Waals surface area contributed by atoms with Crippen molar-refractivity contribution in [2.24, 2.45) is 4.99 Å². The first-order valence-corrected chi connectivity index (χ1v) is 10.5. The van der Waals surface area contributed by atoms with Crippen LogP contribution in [0.15, 0.2) is 47.5 Å². The van der Waals surface area contributed by atoms with Crippen molar-refractivity contribution in [3.05, 3.63) is 64.7 Å². The number of nitrogens with zero attached hydrogens (tertiary/aromatic N) is 1. The Morgan fingerprint density at radius 1 is 1.03 bits per heavy atom. The molecule has 0 amide bonds. The van der Waals surface area contributed by atoms with E-state index in [4.69, 9.17) is 14.2 Å². The summed E-state index contributed by atoms with van der Waals surface area (Å²) in [5, 5.41) is 6.71. The first-order valence-electron chi connectivity index (χ1n) is 10.5. The predicted octanol–water partition coefficient (Wildman–Crippen LogP) is 3.56. The molecule has 0 bridgehead atoms. The molecule has 0 radical (unpaired) electrons. The van der Waals surface area contributed by atoms with Gasteiger partial charge in [-0.05, 0) is 42.5 Å². The Balaban J connectivity index is 1.44. The van der Waals surface area contributed by atoms with Crippen LogP contribution in [0, 0.1) is 6.92 Å². The SMILES string of the molecule is CN=C(NCc1ccc(COC2CCOCC2)cc1)NCc1ccc(C)cc1OC. The highest BCUT2D eigenvalue weighted by atomic mass is 16.5. The van der Waals surface area contributed by atoms with Crippen molar-refractivity contribution in [1.82, 2.24) is 10.6 Å². The zero-order valence-corrected chi connectivity index (χ0v) is 18.2. The highest BCUT2D eigenvalue weighted by molar-refractivity contribution is 5.79. The molecule has 2 N–H and O–H groups in total. The maximum atomic E-state index is 5.99. The molecule has 0 saturated carbocycles. The van der Waals surface area contributed by atoms with E-state index in [2.05, 4.69) is 58.9 Å². The standard InChI is InChI=1S/C24H33N3O3/c1-18-4-9-21(23(14-18)28-3)16-27-24(25-2)26-15-19-5-7-20(8-6-19)17-30-22-10-12-29-13-11-22/h4-9,14,22H,10-13,15-17H2,1-3H3,(H2,25,26,27). The number of guanidine groups is 1. The molecule has 1 fully saturated rings. The summed E-state index contributed by atoms with van der Waals surface area (Å²) in [5.74, 6) is 1.64. The van der Waals surface area contributed by atoms with E-state index in [1.54, 1.807) is 14.2 Å². The zero-order chi connectivity index (χ0) is 21.2. The van der Waals surface area contributed by atoms with E-state index >= 15 is 0 Å². The van der Waals surface area contributed by atoms with Crippen LogP contribution in [0.4, 0.5) is 0 Å². The van der Waals surface area contributed by atoms with Gasteiger partial charge in [-0.15, -0.1) is 0 Å². The Labute approximate surface area is 179 Å². The Bertz CT molecular complexity index is 815. The van der Waals surface area contributed by atoms with Crippen molar-refractivity contribution in [1.29, 1.82) is 0 Å². The predicted molar refractivity (Wildman–Crippen MR) is 120 cm³/mol. The van der Waals surface area contributed by atoms with Crippen molar-refractivity contribution in [3.63, 3.8) is 0 Å². The molecule has 6 nitrogen and oxygen atoms in total. The fourth-order valence-corrected chi connectivity index (χ4v) is 3.39. The van der Waals surface area contributed by atoms with Crippen LogP contribution in [0.3, 0.4) is 0 Å². The van der Waals surface area contributed by atoms with Crippen LogP contribution >= 0.6 is 0 Å². The summed E-state index contributed by atoms with van der Waals surface area (Å²) in [6, 6.07) is 14.7. The van der Waals surface area contributed by atoms with Gasteiger partial charge in [0, 0.05) is 38.9 Å². The lowest BCUT2D eigenvalue weighted by Gasteiger charge is -2.22. The maximum Gasteiger partial charge on any atom is 0.191 e. The zero-order valence-electron chi connectivity index (χ0n) is 18.2. The van der Waals surface area contributed by atoms with Crippen molar-refractivity contribution in [2.45, 2.75) is 45.6 Å². The molecule has 1 heterocycles. The quantitative estimate of drug-likeness (QED) is 0.514. The number of aliphatic imine (C=N–C) groups is 1. The van der Waals surface area contributed by atoms with Crippen molar-refractivity contribution in [3.8, 4) is 5.75 Å². The number of ether oxygens (including phenoxy) is 3. The van der Waals surface area contributed by atoms with Crippen molar-refractivity contribution in [2.75, 3.05) is 27.4 Å². The number of aryl methyl sites for hydroxylation is 1. The van der Waals surface area contributed by atoms with Gasteiger partial charge < -0.3 is 24.8 Å². The highest BCUT2D eigenvalue weighted by Crippen LogP contribution is 2.19. The van der Waals surface area contributed by atoms with Crippen LogP contribution in [0.2, 0.25) is 0 Å². The molecule has 1 saturated heterocycles. The molecule has 0 unspecified atom stereocenters. The number of rotatable bonds is 8. The number of benzene rings is 2. The summed E-state index contributed by atoms with van der Waals surface area (Å²) in [5.41, 5.74) is 4.67. The summed E-state index contributed by atoms with van der Waals surface area (Å²) in [7, 11) is 3.47. The molecular formula is C24H33N3O3. The van der Waals surface area contributed by atoms with Crippen LogP contribution in [-0.2, 0) is 29.2 Å². The second-order valence-electron chi connectivity index (χ2n) is 7.53. The average molecular weight is 412 g/mol. The summed E-state index contributed by atoms with van der Waals surface area (Å²) in [4.78, 5) is 4.31. The smallest absolute Gasteiger partial charge is 0.191 e. The maximum absolute atomic E-state index is 5.99. The first-order chi connectivity index (χ1) is 14.7. The molecule has 0 aromatic heterocycles. The number of methoxy groups -OCH3 is 1. The second-order valence-corrected chi connectivity index (χ2v) is 7.53. The fraction of sp³-hybridized carbons (Fsp3) is 0.458. The number of hydrogen-bond acceptors (Lipinski definition) is 4. The first kappa shape index (κ1) is 22.1. The molecule has 2 aromatic carbocycles. The highest BCUT2D eigenvalue weighted by Gasteiger charge is 2.14. The van der Waals surface area contributed by atoms with Crippen molar-refractivity contribution >= 4 is 5.96 Å².